The molecule has 1 aliphatic heterocycles. The molecule has 0 aliphatic carbocycles. The van der Waals surface area contributed by atoms with Crippen LogP contribution in [0.25, 0.3) is 0 Å². The number of benzene rings is 2. The molecular weight excluding hydrogens is 398 g/mol. The zero-order chi connectivity index (χ0) is 22.2. The largest absolute Gasteiger partial charge is 0.493 e. The highest BCUT2D eigenvalue weighted by Crippen LogP contribution is 2.33. The molecular formula is C24H33NO6. The fourth-order valence-corrected chi connectivity index (χ4v) is 3.51. The van der Waals surface area contributed by atoms with Crippen molar-refractivity contribution in [2.75, 3.05) is 40.8 Å². The van der Waals surface area contributed by atoms with Crippen LogP contribution < -0.4 is 18.9 Å². The standard InChI is InChI=1S/C24H33NO6/c1-17(2)14-29-15-20(26)13-25(11-18-5-7-21(27-3)23(9-18)28-4)12-19-6-8-22-24(10-19)31-16-30-22/h5-10,17,20,26H,11-16H2,1-4H3/t20-/m1/s1. The van der Waals surface area contributed by atoms with Gasteiger partial charge in [0.15, 0.2) is 23.0 Å². The summed E-state index contributed by atoms with van der Waals surface area (Å²) in [5.41, 5.74) is 2.15. The van der Waals surface area contributed by atoms with E-state index in [0.717, 1.165) is 22.6 Å². The highest BCUT2D eigenvalue weighted by molar-refractivity contribution is 5.45. The highest BCUT2D eigenvalue weighted by Gasteiger charge is 2.18. The molecule has 0 amide bonds. The first-order valence-corrected chi connectivity index (χ1v) is 10.6. The molecule has 0 unspecified atom stereocenters. The number of ether oxygens (including phenoxy) is 5. The van der Waals surface area contributed by atoms with Crippen molar-refractivity contribution in [3.8, 4) is 23.0 Å². The molecule has 31 heavy (non-hydrogen) atoms. The predicted molar refractivity (Wildman–Crippen MR) is 118 cm³/mol. The van der Waals surface area contributed by atoms with E-state index in [2.05, 4.69) is 18.7 Å². The number of fused-ring (bicyclic) bond motifs is 1. The Kier molecular flexibility index (Phi) is 8.40. The van der Waals surface area contributed by atoms with Gasteiger partial charge in [-0.25, -0.2) is 0 Å². The van der Waals surface area contributed by atoms with Gasteiger partial charge in [-0.2, -0.15) is 0 Å². The minimum Gasteiger partial charge on any atom is -0.493 e. The summed E-state index contributed by atoms with van der Waals surface area (Å²) in [7, 11) is 3.25. The first kappa shape index (κ1) is 23.2. The van der Waals surface area contributed by atoms with E-state index in [4.69, 9.17) is 23.7 Å². The predicted octanol–water partition coefficient (Wildman–Crippen LogP) is 3.47. The van der Waals surface area contributed by atoms with Crippen molar-refractivity contribution in [1.82, 2.24) is 4.90 Å². The van der Waals surface area contributed by atoms with Gasteiger partial charge in [0.2, 0.25) is 6.79 Å². The molecule has 2 aromatic rings. The van der Waals surface area contributed by atoms with E-state index in [1.165, 1.54) is 0 Å². The van der Waals surface area contributed by atoms with Crippen molar-refractivity contribution >= 4 is 0 Å². The molecule has 0 spiro atoms. The SMILES string of the molecule is COc1ccc(CN(Cc2ccc3c(c2)OCO3)C[C@@H](O)COCC(C)C)cc1OC. The lowest BCUT2D eigenvalue weighted by Gasteiger charge is -2.26. The average Bonchev–Trinajstić information content (AvgIpc) is 3.21. The fourth-order valence-electron chi connectivity index (χ4n) is 3.51. The van der Waals surface area contributed by atoms with E-state index < -0.39 is 6.10 Å². The zero-order valence-electron chi connectivity index (χ0n) is 18.8. The van der Waals surface area contributed by atoms with E-state index in [1.807, 2.05) is 36.4 Å². The van der Waals surface area contributed by atoms with Gasteiger partial charge in [-0.15, -0.1) is 0 Å². The molecule has 170 valence electrons. The van der Waals surface area contributed by atoms with Crippen LogP contribution in [0.2, 0.25) is 0 Å². The van der Waals surface area contributed by atoms with Crippen molar-refractivity contribution in [3.05, 3.63) is 47.5 Å². The number of rotatable bonds is 12. The maximum absolute atomic E-state index is 10.6. The monoisotopic (exact) mass is 431 g/mol. The third-order valence-electron chi connectivity index (χ3n) is 4.93. The Bertz CT molecular complexity index is 841. The van der Waals surface area contributed by atoms with Crippen LogP contribution in [0.1, 0.15) is 25.0 Å². The van der Waals surface area contributed by atoms with Gasteiger partial charge in [-0.05, 0) is 41.3 Å². The average molecular weight is 432 g/mol. The van der Waals surface area contributed by atoms with Crippen molar-refractivity contribution in [2.24, 2.45) is 5.92 Å². The van der Waals surface area contributed by atoms with Gasteiger partial charge >= 0.3 is 0 Å². The summed E-state index contributed by atoms with van der Waals surface area (Å²) >= 11 is 0. The third kappa shape index (κ3) is 6.75. The smallest absolute Gasteiger partial charge is 0.231 e. The van der Waals surface area contributed by atoms with Crippen molar-refractivity contribution < 1.29 is 28.8 Å². The normalized spacial score (nSPS) is 13.6. The van der Waals surface area contributed by atoms with E-state index in [-0.39, 0.29) is 6.79 Å². The number of aliphatic hydroxyl groups is 1. The summed E-state index contributed by atoms with van der Waals surface area (Å²) in [4.78, 5) is 2.18. The van der Waals surface area contributed by atoms with Gasteiger partial charge in [-0.1, -0.05) is 26.0 Å². The summed E-state index contributed by atoms with van der Waals surface area (Å²) in [5, 5.41) is 10.6. The molecule has 0 radical (unpaired) electrons. The maximum atomic E-state index is 10.6. The number of hydrogen-bond acceptors (Lipinski definition) is 7. The van der Waals surface area contributed by atoms with E-state index in [1.54, 1.807) is 14.2 Å². The second-order valence-electron chi connectivity index (χ2n) is 8.13. The number of hydrogen-bond donors (Lipinski definition) is 1. The second-order valence-corrected chi connectivity index (χ2v) is 8.13. The minimum atomic E-state index is -0.590. The van der Waals surface area contributed by atoms with Gasteiger partial charge in [0.05, 0.1) is 26.9 Å². The highest BCUT2D eigenvalue weighted by atomic mass is 16.7. The molecule has 2 aromatic carbocycles. The third-order valence-corrected chi connectivity index (χ3v) is 4.93. The van der Waals surface area contributed by atoms with Crippen LogP contribution in [-0.2, 0) is 17.8 Å². The lowest BCUT2D eigenvalue weighted by atomic mass is 10.1. The van der Waals surface area contributed by atoms with Gasteiger partial charge in [-0.3, -0.25) is 4.90 Å². The first-order chi connectivity index (χ1) is 15.0. The number of aliphatic hydroxyl groups excluding tert-OH is 1. The van der Waals surface area contributed by atoms with Crippen LogP contribution >= 0.6 is 0 Å². The fraction of sp³-hybridized carbons (Fsp3) is 0.500. The van der Waals surface area contributed by atoms with Crippen LogP contribution in [0.5, 0.6) is 23.0 Å². The maximum Gasteiger partial charge on any atom is 0.231 e. The molecule has 1 N–H and O–H groups in total. The summed E-state index contributed by atoms with van der Waals surface area (Å²) in [5.74, 6) is 3.32. The van der Waals surface area contributed by atoms with E-state index in [0.29, 0.717) is 50.3 Å². The summed E-state index contributed by atoms with van der Waals surface area (Å²) < 4.78 is 27.3. The molecule has 1 aliphatic rings. The topological polar surface area (TPSA) is 69.6 Å². The van der Waals surface area contributed by atoms with Crippen molar-refractivity contribution in [3.63, 3.8) is 0 Å². The molecule has 0 saturated carbocycles. The molecule has 1 heterocycles. The minimum absolute atomic E-state index is 0.250. The van der Waals surface area contributed by atoms with E-state index in [9.17, 15) is 5.11 Å². The number of nitrogens with zero attached hydrogens (tertiary/aromatic N) is 1. The molecule has 7 nitrogen and oxygen atoms in total. The van der Waals surface area contributed by atoms with Gasteiger partial charge < -0.3 is 28.8 Å². The van der Waals surface area contributed by atoms with Crippen LogP contribution in [-0.4, -0.2) is 56.9 Å². The van der Waals surface area contributed by atoms with Crippen molar-refractivity contribution in [1.29, 1.82) is 0 Å². The van der Waals surface area contributed by atoms with Crippen LogP contribution in [0.15, 0.2) is 36.4 Å². The van der Waals surface area contributed by atoms with E-state index >= 15 is 0 Å². The Hall–Kier alpha value is -2.48. The Labute approximate surface area is 184 Å². The Morgan fingerprint density at radius 3 is 2.29 bits per heavy atom. The number of methoxy groups -OCH3 is 2. The molecule has 0 fully saturated rings. The summed E-state index contributed by atoms with van der Waals surface area (Å²) in [6, 6.07) is 11.8. The van der Waals surface area contributed by atoms with Gasteiger partial charge in [0.1, 0.15) is 0 Å². The van der Waals surface area contributed by atoms with Crippen LogP contribution in [0.3, 0.4) is 0 Å². The Balaban J connectivity index is 1.72. The second kappa shape index (κ2) is 11.2. The molecule has 1 atom stereocenters. The van der Waals surface area contributed by atoms with Crippen LogP contribution in [0, 0.1) is 5.92 Å². The summed E-state index contributed by atoms with van der Waals surface area (Å²) in [6.45, 7) is 7.13. The van der Waals surface area contributed by atoms with Gasteiger partial charge in [0.25, 0.3) is 0 Å². The Morgan fingerprint density at radius 2 is 1.58 bits per heavy atom. The molecule has 0 saturated heterocycles. The van der Waals surface area contributed by atoms with Crippen LogP contribution in [0.4, 0.5) is 0 Å². The lowest BCUT2D eigenvalue weighted by molar-refractivity contribution is 0.00553. The zero-order valence-corrected chi connectivity index (χ0v) is 18.8. The quantitative estimate of drug-likeness (QED) is 0.552. The molecule has 3 rings (SSSR count). The van der Waals surface area contributed by atoms with Crippen molar-refractivity contribution in [2.45, 2.75) is 33.0 Å². The molecule has 0 bridgehead atoms. The molecule has 0 aromatic heterocycles. The molecule has 7 heteroatoms. The first-order valence-electron chi connectivity index (χ1n) is 10.6. The van der Waals surface area contributed by atoms with Gasteiger partial charge in [0, 0.05) is 26.2 Å². The summed E-state index contributed by atoms with van der Waals surface area (Å²) in [6.07, 6.45) is -0.590. The lowest BCUT2D eigenvalue weighted by Crippen LogP contribution is -2.34. The Morgan fingerprint density at radius 1 is 0.903 bits per heavy atom.